The average Bonchev–Trinajstić information content (AvgIpc) is 3.00. The fourth-order valence-electron chi connectivity index (χ4n) is 2.83. The molecule has 0 fully saturated rings. The molecule has 4 nitrogen and oxygen atoms in total. The summed E-state index contributed by atoms with van der Waals surface area (Å²) in [5.74, 6) is 0.288. The van der Waals surface area contributed by atoms with Crippen LogP contribution in [0.4, 0.5) is 0 Å². The van der Waals surface area contributed by atoms with Gasteiger partial charge < -0.3 is 9.17 Å². The Hall–Kier alpha value is -3.05. The molecule has 0 aliphatic rings. The minimum atomic E-state index is -3.83. The van der Waals surface area contributed by atoms with Gasteiger partial charge in [0.15, 0.2) is 0 Å². The second kappa shape index (κ2) is 6.11. The van der Waals surface area contributed by atoms with Crippen molar-refractivity contribution in [2.75, 3.05) is 0 Å². The van der Waals surface area contributed by atoms with Crippen molar-refractivity contribution in [3.63, 3.8) is 0 Å². The lowest BCUT2D eigenvalue weighted by molar-refractivity contribution is 0.497. The van der Waals surface area contributed by atoms with E-state index in [1.807, 2.05) is 42.5 Å². The lowest BCUT2D eigenvalue weighted by Gasteiger charge is -2.02. The number of aromatic nitrogens is 1. The third-order valence-electron chi connectivity index (χ3n) is 3.94. The van der Waals surface area contributed by atoms with Crippen molar-refractivity contribution >= 4 is 38.0 Å². The number of H-pyrrole nitrogens is 1. The first-order valence-corrected chi connectivity index (χ1v) is 9.27. The maximum Gasteiger partial charge on any atom is 0.332 e. The van der Waals surface area contributed by atoms with Crippen molar-refractivity contribution in [1.29, 1.82) is 0 Å². The lowest BCUT2D eigenvalue weighted by atomic mass is 10.1. The highest BCUT2D eigenvalue weighted by Gasteiger charge is 2.10. The Morgan fingerprint density at radius 2 is 1.52 bits per heavy atom. The van der Waals surface area contributed by atoms with Crippen LogP contribution in [0.25, 0.3) is 27.9 Å². The van der Waals surface area contributed by atoms with E-state index in [0.717, 1.165) is 32.8 Å². The van der Waals surface area contributed by atoms with Gasteiger partial charge in [0.2, 0.25) is 0 Å². The van der Waals surface area contributed by atoms with Gasteiger partial charge in [-0.15, -0.1) is 0 Å². The lowest BCUT2D eigenvalue weighted by Crippen LogP contribution is -2.04. The van der Waals surface area contributed by atoms with E-state index in [-0.39, 0.29) is 5.75 Å². The molecule has 3 aromatic carbocycles. The van der Waals surface area contributed by atoms with Crippen molar-refractivity contribution in [2.24, 2.45) is 0 Å². The van der Waals surface area contributed by atoms with E-state index in [2.05, 4.69) is 4.98 Å². The van der Waals surface area contributed by atoms with Crippen LogP contribution >= 0.6 is 0 Å². The van der Waals surface area contributed by atoms with Gasteiger partial charge in [0.25, 0.3) is 0 Å². The standard InChI is InChI=1S/C20H15NO3S/c22-25(23,24-16-8-2-1-3-9-16)14-13-15-7-6-11-18-17-10-4-5-12-19(17)21-20(15)18/h1-14,21H. The Bertz CT molecular complexity index is 1180. The van der Waals surface area contributed by atoms with Gasteiger partial charge in [-0.1, -0.05) is 54.6 Å². The maximum atomic E-state index is 12.2. The number of para-hydroxylation sites is 3. The minimum Gasteiger partial charge on any atom is -0.379 e. The smallest absolute Gasteiger partial charge is 0.332 e. The number of nitrogens with one attached hydrogen (secondary N) is 1. The van der Waals surface area contributed by atoms with Crippen molar-refractivity contribution in [2.45, 2.75) is 0 Å². The van der Waals surface area contributed by atoms with Crippen LogP contribution < -0.4 is 4.18 Å². The molecular formula is C20H15NO3S. The largest absolute Gasteiger partial charge is 0.379 e. The molecule has 4 rings (SSSR count). The summed E-state index contributed by atoms with van der Waals surface area (Å²) >= 11 is 0. The van der Waals surface area contributed by atoms with Gasteiger partial charge in [0, 0.05) is 16.3 Å². The van der Waals surface area contributed by atoms with E-state index < -0.39 is 10.1 Å². The molecule has 5 heteroatoms. The first-order chi connectivity index (χ1) is 12.1. The van der Waals surface area contributed by atoms with Gasteiger partial charge in [-0.25, -0.2) is 0 Å². The predicted octanol–water partition coefficient (Wildman–Crippen LogP) is 4.70. The number of hydrogen-bond donors (Lipinski definition) is 1. The van der Waals surface area contributed by atoms with Crippen LogP contribution in [0.3, 0.4) is 0 Å². The Labute approximate surface area is 145 Å². The Morgan fingerprint density at radius 1 is 0.800 bits per heavy atom. The van der Waals surface area contributed by atoms with E-state index in [9.17, 15) is 8.42 Å². The zero-order valence-corrected chi connectivity index (χ0v) is 14.0. The van der Waals surface area contributed by atoms with E-state index in [0.29, 0.717) is 0 Å². The minimum absolute atomic E-state index is 0.288. The Balaban J connectivity index is 1.71. The van der Waals surface area contributed by atoms with Crippen LogP contribution in [-0.4, -0.2) is 13.4 Å². The first kappa shape index (κ1) is 15.5. The summed E-state index contributed by atoms with van der Waals surface area (Å²) < 4.78 is 29.4. The topological polar surface area (TPSA) is 59.2 Å². The Kier molecular flexibility index (Phi) is 3.78. The highest BCUT2D eigenvalue weighted by atomic mass is 32.2. The van der Waals surface area contributed by atoms with Gasteiger partial charge in [-0.05, 0) is 29.8 Å². The molecule has 0 bridgehead atoms. The van der Waals surface area contributed by atoms with E-state index in [1.165, 1.54) is 0 Å². The highest BCUT2D eigenvalue weighted by Crippen LogP contribution is 2.28. The number of aromatic amines is 1. The van der Waals surface area contributed by atoms with E-state index >= 15 is 0 Å². The molecule has 0 amide bonds. The monoisotopic (exact) mass is 349 g/mol. The third kappa shape index (κ3) is 3.14. The average molecular weight is 349 g/mol. The molecule has 0 saturated carbocycles. The number of rotatable bonds is 4. The van der Waals surface area contributed by atoms with Crippen molar-refractivity contribution in [1.82, 2.24) is 4.98 Å². The zero-order chi connectivity index (χ0) is 17.3. The van der Waals surface area contributed by atoms with E-state index in [1.54, 1.807) is 36.4 Å². The van der Waals surface area contributed by atoms with Crippen molar-refractivity contribution < 1.29 is 12.6 Å². The molecule has 0 saturated heterocycles. The highest BCUT2D eigenvalue weighted by molar-refractivity contribution is 7.90. The van der Waals surface area contributed by atoms with Gasteiger partial charge in [-0.3, -0.25) is 0 Å². The molecule has 0 unspecified atom stereocenters. The second-order valence-corrected chi connectivity index (χ2v) is 7.06. The fourth-order valence-corrected chi connectivity index (χ4v) is 3.58. The molecule has 124 valence electrons. The van der Waals surface area contributed by atoms with E-state index in [4.69, 9.17) is 4.18 Å². The quantitative estimate of drug-likeness (QED) is 0.543. The van der Waals surface area contributed by atoms with Crippen LogP contribution in [0, 0.1) is 0 Å². The normalized spacial score (nSPS) is 12.2. The molecule has 0 radical (unpaired) electrons. The van der Waals surface area contributed by atoms with Gasteiger partial charge >= 0.3 is 10.1 Å². The molecule has 1 heterocycles. The van der Waals surface area contributed by atoms with Crippen LogP contribution in [0.2, 0.25) is 0 Å². The molecule has 0 aliphatic heterocycles. The number of fused-ring (bicyclic) bond motifs is 3. The SMILES string of the molecule is O=S(=O)(C=Cc1cccc2c1[nH]c1ccccc12)Oc1ccccc1. The summed E-state index contributed by atoms with van der Waals surface area (Å²) in [7, 11) is -3.83. The zero-order valence-electron chi connectivity index (χ0n) is 13.2. The molecule has 4 aromatic rings. The number of benzene rings is 3. The van der Waals surface area contributed by atoms with Gasteiger partial charge in [0.05, 0.1) is 10.9 Å². The van der Waals surface area contributed by atoms with Gasteiger partial charge in [-0.2, -0.15) is 8.42 Å². The van der Waals surface area contributed by atoms with Crippen molar-refractivity contribution in [3.8, 4) is 5.75 Å². The van der Waals surface area contributed by atoms with Crippen LogP contribution in [0.15, 0.2) is 78.2 Å². The molecule has 1 N–H and O–H groups in total. The van der Waals surface area contributed by atoms with Crippen LogP contribution in [0.5, 0.6) is 5.75 Å². The fraction of sp³-hybridized carbons (Fsp3) is 0. The van der Waals surface area contributed by atoms with Crippen molar-refractivity contribution in [3.05, 3.63) is 83.8 Å². The molecule has 25 heavy (non-hydrogen) atoms. The first-order valence-electron chi connectivity index (χ1n) is 7.79. The summed E-state index contributed by atoms with van der Waals surface area (Å²) in [5, 5.41) is 3.25. The summed E-state index contributed by atoms with van der Waals surface area (Å²) in [6.45, 7) is 0. The summed E-state index contributed by atoms with van der Waals surface area (Å²) in [4.78, 5) is 3.35. The molecule has 0 spiro atoms. The molecule has 0 atom stereocenters. The molecular weight excluding hydrogens is 334 g/mol. The third-order valence-corrected chi connectivity index (χ3v) is 4.84. The summed E-state index contributed by atoms with van der Waals surface area (Å²) in [6.07, 6.45) is 1.55. The van der Waals surface area contributed by atoms with Gasteiger partial charge in [0.1, 0.15) is 5.75 Å². The summed E-state index contributed by atoms with van der Waals surface area (Å²) in [5.41, 5.74) is 2.70. The molecule has 0 aliphatic carbocycles. The van der Waals surface area contributed by atoms with Crippen LogP contribution in [-0.2, 0) is 10.1 Å². The summed E-state index contributed by atoms with van der Waals surface area (Å²) in [6, 6.07) is 22.2. The predicted molar refractivity (Wildman–Crippen MR) is 101 cm³/mol. The maximum absolute atomic E-state index is 12.2. The van der Waals surface area contributed by atoms with Crippen LogP contribution in [0.1, 0.15) is 5.56 Å². The number of hydrogen-bond acceptors (Lipinski definition) is 3. The Morgan fingerprint density at radius 3 is 2.36 bits per heavy atom. The molecule has 1 aromatic heterocycles. The second-order valence-electron chi connectivity index (χ2n) is 5.63.